The van der Waals surface area contributed by atoms with Gasteiger partial charge in [0.05, 0.1) is 0 Å². The molecule has 0 spiro atoms. The van der Waals surface area contributed by atoms with Crippen molar-refractivity contribution in [2.75, 3.05) is 6.61 Å². The maximum atomic E-state index is 12.8. The molecule has 1 fully saturated rings. The number of hydrogen-bond acceptors (Lipinski definition) is 5. The first-order valence-corrected chi connectivity index (χ1v) is 14.0. The Morgan fingerprint density at radius 2 is 1.43 bits per heavy atom. The zero-order valence-electron chi connectivity index (χ0n) is 20.1. The number of aromatic amines is 1. The molecule has 4 atom stereocenters. The van der Waals surface area contributed by atoms with Gasteiger partial charge in [0.15, 0.2) is 0 Å². The Hall–Kier alpha value is -3.26. The van der Waals surface area contributed by atoms with Crippen molar-refractivity contribution in [1.29, 1.82) is 0 Å². The summed E-state index contributed by atoms with van der Waals surface area (Å²) in [5.74, 6) is 0. The van der Waals surface area contributed by atoms with E-state index in [1.807, 2.05) is 78.9 Å². The van der Waals surface area contributed by atoms with E-state index in [1.54, 1.807) is 0 Å². The molecule has 0 radical (unpaired) electrons. The Morgan fingerprint density at radius 1 is 0.811 bits per heavy atom. The van der Waals surface area contributed by atoms with Gasteiger partial charge in [0.25, 0.3) is 0 Å². The van der Waals surface area contributed by atoms with Crippen LogP contribution in [0.1, 0.15) is 17.4 Å². The van der Waals surface area contributed by atoms with Gasteiger partial charge in [0.1, 0.15) is 0 Å². The Kier molecular flexibility index (Phi) is 8.46. The van der Waals surface area contributed by atoms with Gasteiger partial charge in [-0.2, -0.15) is 0 Å². The van der Waals surface area contributed by atoms with E-state index in [0.29, 0.717) is 19.8 Å². The van der Waals surface area contributed by atoms with Gasteiger partial charge in [0, 0.05) is 0 Å². The molecule has 1 aliphatic rings. The summed E-state index contributed by atoms with van der Waals surface area (Å²) in [6, 6.07) is 31.5. The van der Waals surface area contributed by atoms with Crippen LogP contribution in [0.5, 0.6) is 0 Å². The van der Waals surface area contributed by atoms with Crippen LogP contribution in [-0.4, -0.2) is 43.3 Å². The summed E-state index contributed by atoms with van der Waals surface area (Å²) in [5.41, 5.74) is 1.19. The third kappa shape index (κ3) is 6.55. The molecule has 1 N–H and O–H groups in total. The molecule has 7 nitrogen and oxygen atoms in total. The van der Waals surface area contributed by atoms with E-state index in [-0.39, 0.29) is 25.9 Å². The number of rotatable bonds is 10. The average molecular weight is 564 g/mol. The molecule has 0 aliphatic carbocycles. The van der Waals surface area contributed by atoms with Crippen molar-refractivity contribution in [1.82, 2.24) is 9.55 Å². The molecule has 1 saturated heterocycles. The number of H-pyrrole nitrogens is 1. The summed E-state index contributed by atoms with van der Waals surface area (Å²) in [5, 5.41) is 0. The van der Waals surface area contributed by atoms with Gasteiger partial charge in [-0.05, 0) is 0 Å². The molecule has 1 aliphatic heterocycles. The molecule has 4 aromatic rings. The van der Waals surface area contributed by atoms with E-state index in [0.717, 1.165) is 11.1 Å². The number of benzene rings is 3. The van der Waals surface area contributed by atoms with Crippen LogP contribution in [0.25, 0.3) is 0 Å². The van der Waals surface area contributed by atoms with Crippen LogP contribution in [0, 0.1) is 0 Å². The first-order chi connectivity index (χ1) is 18.2. The van der Waals surface area contributed by atoms with Crippen molar-refractivity contribution < 1.29 is 14.2 Å². The summed E-state index contributed by atoms with van der Waals surface area (Å²) in [7, 11) is 0. The minimum absolute atomic E-state index is 0.0863. The van der Waals surface area contributed by atoms with Crippen LogP contribution >= 0.6 is 0 Å². The van der Waals surface area contributed by atoms with Gasteiger partial charge in [-0.3, -0.25) is 0 Å². The van der Waals surface area contributed by atoms with E-state index >= 15 is 0 Å². The summed E-state index contributed by atoms with van der Waals surface area (Å²) >= 11 is -0.0863. The molecule has 0 saturated carbocycles. The Bertz CT molecular complexity index is 1380. The number of aromatic nitrogens is 2. The molecular weight excluding hydrogens is 535 g/mol. The molecule has 3 aromatic carbocycles. The first kappa shape index (κ1) is 25.4. The molecule has 8 heteroatoms. The molecule has 1 aromatic heterocycles. The van der Waals surface area contributed by atoms with Crippen LogP contribution in [0.3, 0.4) is 0 Å². The van der Waals surface area contributed by atoms with Gasteiger partial charge in [0.2, 0.25) is 0 Å². The zero-order chi connectivity index (χ0) is 25.5. The summed E-state index contributed by atoms with van der Waals surface area (Å²) in [6.07, 6.45) is 0.184. The van der Waals surface area contributed by atoms with E-state index < -0.39 is 23.6 Å². The van der Waals surface area contributed by atoms with Crippen molar-refractivity contribution >= 4 is 19.4 Å². The molecule has 2 heterocycles. The van der Waals surface area contributed by atoms with Crippen LogP contribution < -0.4 is 15.7 Å². The van der Waals surface area contributed by atoms with Crippen molar-refractivity contribution in [3.05, 3.63) is 135 Å². The first-order valence-electron chi connectivity index (χ1n) is 12.1. The topological polar surface area (TPSA) is 82.5 Å². The van der Waals surface area contributed by atoms with Crippen molar-refractivity contribution in [2.45, 2.75) is 36.5 Å². The number of ether oxygens (including phenoxy) is 3. The third-order valence-electron chi connectivity index (χ3n) is 6.11. The predicted octanol–water partition coefficient (Wildman–Crippen LogP) is 3.05. The predicted molar refractivity (Wildman–Crippen MR) is 142 cm³/mol. The Labute approximate surface area is 221 Å². The second-order valence-electron chi connectivity index (χ2n) is 8.74. The van der Waals surface area contributed by atoms with Gasteiger partial charge >= 0.3 is 221 Å². The normalized spacial score (nSPS) is 21.2. The summed E-state index contributed by atoms with van der Waals surface area (Å²) in [6.45, 7) is 1.17. The number of nitrogens with one attached hydrogen (secondary N) is 1. The second-order valence-corrected chi connectivity index (χ2v) is 11.4. The van der Waals surface area contributed by atoms with E-state index in [4.69, 9.17) is 14.2 Å². The molecule has 37 heavy (non-hydrogen) atoms. The third-order valence-corrected chi connectivity index (χ3v) is 8.87. The maximum absolute atomic E-state index is 12.8. The van der Waals surface area contributed by atoms with Gasteiger partial charge < -0.3 is 0 Å². The van der Waals surface area contributed by atoms with E-state index in [9.17, 15) is 9.59 Å². The van der Waals surface area contributed by atoms with Crippen LogP contribution in [-0.2, 0) is 27.4 Å². The fraction of sp³-hybridized carbons (Fsp3) is 0.241. The summed E-state index contributed by atoms with van der Waals surface area (Å²) in [4.78, 5) is 26.7. The zero-order valence-corrected chi connectivity index (χ0v) is 21.9. The molecular formula is C29H28N2O5Se. The number of hydrogen-bond donors (Lipinski definition) is 1. The van der Waals surface area contributed by atoms with Gasteiger partial charge in [-0.25, -0.2) is 0 Å². The van der Waals surface area contributed by atoms with E-state index in [2.05, 4.69) is 17.1 Å². The standard InChI is InChI=1S/C29H28N2O5Se/c32-25-16-17-31(29(33)30-25)28-27(37-23-14-8-3-9-15-23)26(35-19-22-12-6-2-7-13-22)24(36-28)20-34-18-21-10-4-1-5-11-21/h1-17,24,26-28H,18-20H2,(H,30,32,33)/t24-,26+,27-,28-/m1/s1. The average Bonchev–Trinajstić information content (AvgIpc) is 3.25. The SMILES string of the molecule is O=c1ccn([C@@H]2O[C@H](COCc3ccccc3)[C@H](OCc3ccccc3)[C@H]2[Se]c2ccccc2)c(=O)[nH]1. The monoisotopic (exact) mass is 564 g/mol. The van der Waals surface area contributed by atoms with Crippen molar-refractivity contribution in [2.24, 2.45) is 0 Å². The molecule has 190 valence electrons. The Balaban J connectivity index is 1.43. The second kappa shape index (κ2) is 12.3. The van der Waals surface area contributed by atoms with E-state index in [1.165, 1.54) is 21.3 Å². The van der Waals surface area contributed by atoms with Gasteiger partial charge in [-0.1, -0.05) is 0 Å². The van der Waals surface area contributed by atoms with Crippen molar-refractivity contribution in [3.63, 3.8) is 0 Å². The molecule has 0 amide bonds. The van der Waals surface area contributed by atoms with Crippen LogP contribution in [0.15, 0.2) is 113 Å². The van der Waals surface area contributed by atoms with Crippen LogP contribution in [0.4, 0.5) is 0 Å². The fourth-order valence-electron chi connectivity index (χ4n) is 4.31. The minimum atomic E-state index is -0.601. The van der Waals surface area contributed by atoms with Crippen LogP contribution in [0.2, 0.25) is 4.82 Å². The fourth-order valence-corrected chi connectivity index (χ4v) is 7.10. The quantitative estimate of drug-likeness (QED) is 0.300. The molecule has 5 rings (SSSR count). The summed E-state index contributed by atoms with van der Waals surface area (Å²) < 4.78 is 21.7. The Morgan fingerprint density at radius 3 is 2.08 bits per heavy atom. The number of nitrogens with zero attached hydrogens (tertiary/aromatic N) is 1. The van der Waals surface area contributed by atoms with Gasteiger partial charge in [-0.15, -0.1) is 0 Å². The molecule has 0 unspecified atom stereocenters. The molecule has 0 bridgehead atoms. The van der Waals surface area contributed by atoms with Crippen molar-refractivity contribution in [3.8, 4) is 0 Å².